The number of aromatic nitrogens is 2. The predicted molar refractivity (Wildman–Crippen MR) is 88.6 cm³/mol. The topological polar surface area (TPSA) is 52.7 Å². The minimum atomic E-state index is -0.191. The monoisotopic (exact) mass is 331 g/mol. The molecule has 0 bridgehead atoms. The summed E-state index contributed by atoms with van der Waals surface area (Å²) in [6, 6.07) is 4.08. The lowest BCUT2D eigenvalue weighted by Crippen LogP contribution is -2.43. The van der Waals surface area contributed by atoms with Gasteiger partial charge in [0.25, 0.3) is 0 Å². The van der Waals surface area contributed by atoms with Crippen LogP contribution in [0.15, 0.2) is 35.3 Å². The van der Waals surface area contributed by atoms with E-state index in [9.17, 15) is 0 Å². The van der Waals surface area contributed by atoms with E-state index in [0.717, 1.165) is 57.3 Å². The van der Waals surface area contributed by atoms with Crippen LogP contribution >= 0.6 is 0 Å². The molecule has 0 aromatic carbocycles. The van der Waals surface area contributed by atoms with Gasteiger partial charge in [-0.15, -0.1) is 0 Å². The highest BCUT2D eigenvalue weighted by Crippen LogP contribution is 2.34. The second kappa shape index (κ2) is 6.70. The molecule has 2 aliphatic heterocycles. The first kappa shape index (κ1) is 15.9. The van der Waals surface area contributed by atoms with Gasteiger partial charge < -0.3 is 18.5 Å². The predicted octanol–water partition coefficient (Wildman–Crippen LogP) is 2.09. The van der Waals surface area contributed by atoms with Crippen LogP contribution in [0, 0.1) is 12.8 Å². The average Bonchev–Trinajstić information content (AvgIpc) is 3.25. The van der Waals surface area contributed by atoms with Gasteiger partial charge in [-0.05, 0) is 25.5 Å². The SMILES string of the molecule is Cc1ccc(CN2CCOCC3(CC(Cn4ccnc4)CO3)C2)o1. The molecule has 2 aromatic heterocycles. The van der Waals surface area contributed by atoms with Crippen molar-refractivity contribution in [2.45, 2.75) is 32.0 Å². The van der Waals surface area contributed by atoms with E-state index in [-0.39, 0.29) is 5.60 Å². The maximum atomic E-state index is 6.26. The van der Waals surface area contributed by atoms with E-state index in [1.54, 1.807) is 0 Å². The fourth-order valence-electron chi connectivity index (χ4n) is 3.87. The van der Waals surface area contributed by atoms with E-state index in [4.69, 9.17) is 13.9 Å². The smallest absolute Gasteiger partial charge is 0.118 e. The first-order valence-electron chi connectivity index (χ1n) is 8.66. The molecule has 4 heterocycles. The highest BCUT2D eigenvalue weighted by molar-refractivity contribution is 5.06. The van der Waals surface area contributed by atoms with Gasteiger partial charge in [0.1, 0.15) is 17.1 Å². The number of ether oxygens (including phenoxy) is 2. The molecule has 2 atom stereocenters. The van der Waals surface area contributed by atoms with Crippen molar-refractivity contribution in [3.05, 3.63) is 42.4 Å². The molecule has 0 amide bonds. The lowest BCUT2D eigenvalue weighted by atomic mass is 9.94. The Kier molecular flexibility index (Phi) is 4.43. The number of nitrogens with zero attached hydrogens (tertiary/aromatic N) is 3. The van der Waals surface area contributed by atoms with Crippen LogP contribution in [0.5, 0.6) is 0 Å². The van der Waals surface area contributed by atoms with Gasteiger partial charge in [-0.3, -0.25) is 4.90 Å². The number of rotatable bonds is 4. The van der Waals surface area contributed by atoms with Crippen molar-refractivity contribution >= 4 is 0 Å². The van der Waals surface area contributed by atoms with E-state index < -0.39 is 0 Å². The van der Waals surface area contributed by atoms with Crippen LogP contribution in [-0.2, 0) is 22.6 Å². The van der Waals surface area contributed by atoms with Crippen LogP contribution in [0.1, 0.15) is 17.9 Å². The Balaban J connectivity index is 1.40. The van der Waals surface area contributed by atoms with Gasteiger partial charge in [-0.1, -0.05) is 0 Å². The lowest BCUT2D eigenvalue weighted by Gasteiger charge is -2.30. The zero-order valence-corrected chi connectivity index (χ0v) is 14.2. The second-order valence-corrected chi connectivity index (χ2v) is 7.10. The van der Waals surface area contributed by atoms with E-state index in [0.29, 0.717) is 12.5 Å². The number of hydrogen-bond donors (Lipinski definition) is 0. The van der Waals surface area contributed by atoms with Crippen molar-refractivity contribution in [3.63, 3.8) is 0 Å². The molecule has 0 radical (unpaired) electrons. The molecule has 0 N–H and O–H groups in total. The van der Waals surface area contributed by atoms with E-state index in [1.165, 1.54) is 0 Å². The molecule has 2 fully saturated rings. The van der Waals surface area contributed by atoms with E-state index in [1.807, 2.05) is 31.7 Å². The standard InChI is InChI=1S/C18H25N3O3/c1-15-2-3-17(24-15)10-20-6-7-22-13-18(12-20)8-16(11-23-18)9-21-5-4-19-14-21/h2-5,14,16H,6-13H2,1H3. The lowest BCUT2D eigenvalue weighted by molar-refractivity contribution is -0.0566. The summed E-state index contributed by atoms with van der Waals surface area (Å²) in [6.45, 7) is 7.78. The normalized spacial score (nSPS) is 28.5. The van der Waals surface area contributed by atoms with Crippen LogP contribution in [0.3, 0.4) is 0 Å². The summed E-state index contributed by atoms with van der Waals surface area (Å²) in [5, 5.41) is 0. The maximum Gasteiger partial charge on any atom is 0.118 e. The minimum Gasteiger partial charge on any atom is -0.465 e. The van der Waals surface area contributed by atoms with Crippen LogP contribution in [-0.4, -0.2) is 53.0 Å². The highest BCUT2D eigenvalue weighted by atomic mass is 16.5. The van der Waals surface area contributed by atoms with Crippen LogP contribution in [0.2, 0.25) is 0 Å². The van der Waals surface area contributed by atoms with Crippen molar-refractivity contribution in [1.82, 2.24) is 14.5 Å². The third-order valence-electron chi connectivity index (χ3n) is 4.92. The first-order valence-corrected chi connectivity index (χ1v) is 8.66. The molecular weight excluding hydrogens is 306 g/mol. The molecule has 2 saturated heterocycles. The Morgan fingerprint density at radius 2 is 2.33 bits per heavy atom. The van der Waals surface area contributed by atoms with Gasteiger partial charge in [-0.2, -0.15) is 0 Å². The second-order valence-electron chi connectivity index (χ2n) is 7.10. The zero-order valence-electron chi connectivity index (χ0n) is 14.2. The Bertz CT molecular complexity index is 654. The largest absolute Gasteiger partial charge is 0.465 e. The average molecular weight is 331 g/mol. The molecule has 1 spiro atoms. The molecule has 6 heteroatoms. The van der Waals surface area contributed by atoms with Crippen molar-refractivity contribution in [2.75, 3.05) is 32.9 Å². The number of furan rings is 1. The summed E-state index contributed by atoms with van der Waals surface area (Å²) in [7, 11) is 0. The molecule has 0 aliphatic carbocycles. The number of hydrogen-bond acceptors (Lipinski definition) is 5. The van der Waals surface area contributed by atoms with Crippen LogP contribution < -0.4 is 0 Å². The van der Waals surface area contributed by atoms with Crippen LogP contribution in [0.4, 0.5) is 0 Å². The number of aryl methyl sites for hydroxylation is 1. The fraction of sp³-hybridized carbons (Fsp3) is 0.611. The summed E-state index contributed by atoms with van der Waals surface area (Å²) in [6.07, 6.45) is 6.74. The van der Waals surface area contributed by atoms with E-state index in [2.05, 4.69) is 20.5 Å². The first-order chi connectivity index (χ1) is 11.7. The molecule has 6 nitrogen and oxygen atoms in total. The van der Waals surface area contributed by atoms with Gasteiger partial charge in [-0.25, -0.2) is 4.98 Å². The summed E-state index contributed by atoms with van der Waals surface area (Å²) >= 11 is 0. The summed E-state index contributed by atoms with van der Waals surface area (Å²) < 4.78 is 20.0. The van der Waals surface area contributed by atoms with Crippen LogP contribution in [0.25, 0.3) is 0 Å². The Labute approximate surface area is 142 Å². The van der Waals surface area contributed by atoms with Crippen molar-refractivity contribution in [1.29, 1.82) is 0 Å². The Hall–Kier alpha value is -1.63. The summed E-state index contributed by atoms with van der Waals surface area (Å²) in [4.78, 5) is 6.52. The quantitative estimate of drug-likeness (QED) is 0.859. The van der Waals surface area contributed by atoms with Crippen molar-refractivity contribution in [3.8, 4) is 0 Å². The molecule has 130 valence electrons. The van der Waals surface area contributed by atoms with Gasteiger partial charge in [0.15, 0.2) is 0 Å². The third-order valence-corrected chi connectivity index (χ3v) is 4.92. The highest BCUT2D eigenvalue weighted by Gasteiger charge is 2.43. The Morgan fingerprint density at radius 3 is 3.12 bits per heavy atom. The molecule has 2 aromatic rings. The molecule has 24 heavy (non-hydrogen) atoms. The fourth-order valence-corrected chi connectivity index (χ4v) is 3.87. The molecule has 0 saturated carbocycles. The zero-order chi connectivity index (χ0) is 16.4. The number of imidazole rings is 1. The molecule has 4 rings (SSSR count). The summed E-state index contributed by atoms with van der Waals surface area (Å²) in [5.74, 6) is 2.48. The van der Waals surface area contributed by atoms with Gasteiger partial charge in [0.05, 0.1) is 32.7 Å². The molecule has 2 unspecified atom stereocenters. The molecule has 2 aliphatic rings. The van der Waals surface area contributed by atoms with Crippen molar-refractivity contribution < 1.29 is 13.9 Å². The maximum absolute atomic E-state index is 6.26. The minimum absolute atomic E-state index is 0.191. The Morgan fingerprint density at radius 1 is 1.38 bits per heavy atom. The van der Waals surface area contributed by atoms with E-state index >= 15 is 0 Å². The molecular formula is C18H25N3O3. The van der Waals surface area contributed by atoms with Gasteiger partial charge in [0.2, 0.25) is 0 Å². The van der Waals surface area contributed by atoms with Crippen molar-refractivity contribution in [2.24, 2.45) is 5.92 Å². The summed E-state index contributed by atoms with van der Waals surface area (Å²) in [5.41, 5.74) is -0.191. The third kappa shape index (κ3) is 3.55. The van der Waals surface area contributed by atoms with Gasteiger partial charge >= 0.3 is 0 Å². The van der Waals surface area contributed by atoms with Gasteiger partial charge in [0, 0.05) is 37.9 Å².